The van der Waals surface area contributed by atoms with E-state index in [0.717, 1.165) is 17.7 Å². The number of urea groups is 1. The lowest BCUT2D eigenvalue weighted by Crippen LogP contribution is -2.48. The SMILES string of the molecule is O=C(O)CN(CC(=O)O)C(=O)NC1CC=CCC1. The van der Waals surface area contributed by atoms with Gasteiger partial charge in [0.1, 0.15) is 13.1 Å². The van der Waals surface area contributed by atoms with Crippen LogP contribution < -0.4 is 5.32 Å². The summed E-state index contributed by atoms with van der Waals surface area (Å²) in [5, 5.41) is 19.9. The normalized spacial score (nSPS) is 18.1. The monoisotopic (exact) mass is 256 g/mol. The van der Waals surface area contributed by atoms with Crippen LogP contribution in [0.25, 0.3) is 0 Å². The second kappa shape index (κ2) is 6.63. The van der Waals surface area contributed by atoms with Gasteiger partial charge in [0.2, 0.25) is 0 Å². The summed E-state index contributed by atoms with van der Waals surface area (Å²) < 4.78 is 0. The van der Waals surface area contributed by atoms with Gasteiger partial charge >= 0.3 is 18.0 Å². The molecule has 7 nitrogen and oxygen atoms in total. The maximum absolute atomic E-state index is 11.7. The van der Waals surface area contributed by atoms with Crippen LogP contribution in [0.1, 0.15) is 19.3 Å². The Labute approximate surface area is 104 Å². The van der Waals surface area contributed by atoms with E-state index in [1.54, 1.807) is 0 Å². The van der Waals surface area contributed by atoms with Crippen LogP contribution >= 0.6 is 0 Å². The summed E-state index contributed by atoms with van der Waals surface area (Å²) in [4.78, 5) is 33.6. The summed E-state index contributed by atoms with van der Waals surface area (Å²) in [5.74, 6) is -2.48. The van der Waals surface area contributed by atoms with E-state index < -0.39 is 31.1 Å². The van der Waals surface area contributed by atoms with Crippen molar-refractivity contribution in [1.29, 1.82) is 0 Å². The average molecular weight is 256 g/mol. The van der Waals surface area contributed by atoms with Gasteiger partial charge in [0, 0.05) is 6.04 Å². The van der Waals surface area contributed by atoms with Gasteiger partial charge in [0.25, 0.3) is 0 Å². The van der Waals surface area contributed by atoms with Gasteiger partial charge in [0.05, 0.1) is 0 Å². The Morgan fingerprint density at radius 3 is 2.22 bits per heavy atom. The van der Waals surface area contributed by atoms with Crippen LogP contribution in [0.4, 0.5) is 4.79 Å². The molecule has 0 aromatic heterocycles. The molecule has 1 rings (SSSR count). The zero-order valence-electron chi connectivity index (χ0n) is 9.83. The highest BCUT2D eigenvalue weighted by molar-refractivity contribution is 5.84. The molecule has 1 unspecified atom stereocenters. The standard InChI is InChI=1S/C11H16N2O5/c14-9(15)6-13(7-10(16)17)11(18)12-8-4-2-1-3-5-8/h1-2,8H,3-7H2,(H,12,18)(H,14,15)(H,16,17). The number of carbonyl (C=O) groups is 3. The van der Waals surface area contributed by atoms with Crippen LogP contribution in [0.5, 0.6) is 0 Å². The number of carboxylic acid groups (broad SMARTS) is 2. The van der Waals surface area contributed by atoms with Crippen molar-refractivity contribution in [1.82, 2.24) is 10.2 Å². The third-order valence-corrected chi connectivity index (χ3v) is 2.54. The van der Waals surface area contributed by atoms with E-state index in [-0.39, 0.29) is 6.04 Å². The molecule has 2 amide bonds. The molecule has 0 heterocycles. The van der Waals surface area contributed by atoms with Gasteiger partial charge in [-0.3, -0.25) is 9.59 Å². The number of hydrogen-bond donors (Lipinski definition) is 3. The van der Waals surface area contributed by atoms with Crippen molar-refractivity contribution >= 4 is 18.0 Å². The zero-order chi connectivity index (χ0) is 13.5. The average Bonchev–Trinajstić information content (AvgIpc) is 2.28. The molecular formula is C11H16N2O5. The van der Waals surface area contributed by atoms with Gasteiger partial charge in [-0.05, 0) is 19.3 Å². The minimum atomic E-state index is -1.24. The van der Waals surface area contributed by atoms with Gasteiger partial charge < -0.3 is 20.4 Å². The molecule has 3 N–H and O–H groups in total. The molecule has 0 spiro atoms. The lowest BCUT2D eigenvalue weighted by Gasteiger charge is -2.24. The Kier molecular flexibility index (Phi) is 5.16. The van der Waals surface area contributed by atoms with E-state index in [1.807, 2.05) is 12.2 Å². The third-order valence-electron chi connectivity index (χ3n) is 2.54. The van der Waals surface area contributed by atoms with Crippen LogP contribution in [0.3, 0.4) is 0 Å². The summed E-state index contributed by atoms with van der Waals surface area (Å²) in [6, 6.07) is -0.715. The second-order valence-corrected chi connectivity index (χ2v) is 4.07. The van der Waals surface area contributed by atoms with Gasteiger partial charge in [-0.2, -0.15) is 0 Å². The molecule has 0 saturated heterocycles. The molecule has 0 aromatic rings. The minimum Gasteiger partial charge on any atom is -0.480 e. The van der Waals surface area contributed by atoms with Crippen LogP contribution in [0.15, 0.2) is 12.2 Å². The van der Waals surface area contributed by atoms with Gasteiger partial charge in [-0.25, -0.2) is 4.79 Å². The Bertz CT molecular complexity index is 350. The Hall–Kier alpha value is -2.05. The molecule has 100 valence electrons. The summed E-state index contributed by atoms with van der Waals surface area (Å²) >= 11 is 0. The molecule has 1 atom stereocenters. The van der Waals surface area contributed by atoms with Crippen LogP contribution in [-0.4, -0.2) is 52.2 Å². The fraction of sp³-hybridized carbons (Fsp3) is 0.545. The van der Waals surface area contributed by atoms with E-state index in [1.165, 1.54) is 0 Å². The molecule has 0 fully saturated rings. The van der Waals surface area contributed by atoms with Crippen molar-refractivity contribution in [2.75, 3.05) is 13.1 Å². The van der Waals surface area contributed by atoms with Crippen molar-refractivity contribution in [2.45, 2.75) is 25.3 Å². The number of aliphatic carboxylic acids is 2. The number of rotatable bonds is 5. The summed E-state index contributed by atoms with van der Waals surface area (Å²) in [6.07, 6.45) is 6.25. The molecule has 0 saturated carbocycles. The number of nitrogens with one attached hydrogen (secondary N) is 1. The topological polar surface area (TPSA) is 107 Å². The third kappa shape index (κ3) is 4.86. The number of carbonyl (C=O) groups excluding carboxylic acids is 1. The predicted octanol–water partition coefficient (Wildman–Crippen LogP) is 0.276. The maximum Gasteiger partial charge on any atom is 0.323 e. The van der Waals surface area contributed by atoms with Gasteiger partial charge in [-0.15, -0.1) is 0 Å². The smallest absolute Gasteiger partial charge is 0.323 e. The van der Waals surface area contributed by atoms with E-state index in [4.69, 9.17) is 10.2 Å². The van der Waals surface area contributed by atoms with Crippen molar-refractivity contribution < 1.29 is 24.6 Å². The van der Waals surface area contributed by atoms with Crippen molar-refractivity contribution in [2.24, 2.45) is 0 Å². The van der Waals surface area contributed by atoms with Crippen molar-refractivity contribution in [3.63, 3.8) is 0 Å². The first kappa shape index (κ1) is 14.0. The first-order chi connectivity index (χ1) is 8.49. The molecule has 0 aliphatic heterocycles. The van der Waals surface area contributed by atoms with Crippen molar-refractivity contribution in [3.05, 3.63) is 12.2 Å². The number of amides is 2. The zero-order valence-corrected chi connectivity index (χ0v) is 9.83. The Morgan fingerprint density at radius 1 is 1.17 bits per heavy atom. The number of hydrogen-bond acceptors (Lipinski definition) is 3. The predicted molar refractivity (Wildman–Crippen MR) is 62.2 cm³/mol. The highest BCUT2D eigenvalue weighted by atomic mass is 16.4. The van der Waals surface area contributed by atoms with Crippen molar-refractivity contribution in [3.8, 4) is 0 Å². The first-order valence-corrected chi connectivity index (χ1v) is 5.63. The number of allylic oxidation sites excluding steroid dienone is 1. The lowest BCUT2D eigenvalue weighted by atomic mass is 10.0. The molecule has 18 heavy (non-hydrogen) atoms. The largest absolute Gasteiger partial charge is 0.480 e. The minimum absolute atomic E-state index is 0.0624. The molecule has 0 bridgehead atoms. The highest BCUT2D eigenvalue weighted by Crippen LogP contribution is 2.10. The summed E-state index contributed by atoms with van der Waals surface area (Å²) in [5.41, 5.74) is 0. The van der Waals surface area contributed by atoms with Crippen LogP contribution in [-0.2, 0) is 9.59 Å². The molecule has 0 aromatic carbocycles. The number of nitrogens with zero attached hydrogens (tertiary/aromatic N) is 1. The maximum atomic E-state index is 11.7. The quantitative estimate of drug-likeness (QED) is 0.612. The fourth-order valence-electron chi connectivity index (χ4n) is 1.72. The molecule has 1 aliphatic rings. The first-order valence-electron chi connectivity index (χ1n) is 5.63. The summed E-state index contributed by atoms with van der Waals surface area (Å²) in [6.45, 7) is -1.25. The van der Waals surface area contributed by atoms with Gasteiger partial charge in [0.15, 0.2) is 0 Å². The highest BCUT2D eigenvalue weighted by Gasteiger charge is 2.22. The van der Waals surface area contributed by atoms with E-state index >= 15 is 0 Å². The molecule has 0 radical (unpaired) electrons. The van der Waals surface area contributed by atoms with E-state index in [0.29, 0.717) is 6.42 Å². The number of carboxylic acids is 2. The Balaban J connectivity index is 2.54. The summed E-state index contributed by atoms with van der Waals surface area (Å²) in [7, 11) is 0. The Morgan fingerprint density at radius 2 is 1.78 bits per heavy atom. The molecule has 1 aliphatic carbocycles. The van der Waals surface area contributed by atoms with Gasteiger partial charge in [-0.1, -0.05) is 12.2 Å². The second-order valence-electron chi connectivity index (χ2n) is 4.07. The van der Waals surface area contributed by atoms with E-state index in [2.05, 4.69) is 5.32 Å². The molecular weight excluding hydrogens is 240 g/mol. The van der Waals surface area contributed by atoms with Crippen LogP contribution in [0.2, 0.25) is 0 Å². The molecule has 7 heteroatoms. The van der Waals surface area contributed by atoms with Crippen LogP contribution in [0, 0.1) is 0 Å². The van der Waals surface area contributed by atoms with E-state index in [9.17, 15) is 14.4 Å². The fourth-order valence-corrected chi connectivity index (χ4v) is 1.72. The lowest BCUT2D eigenvalue weighted by molar-refractivity contribution is -0.140.